The van der Waals surface area contributed by atoms with Crippen LogP contribution in [0.1, 0.15) is 42.3 Å². The third-order valence-electron chi connectivity index (χ3n) is 2.71. The first kappa shape index (κ1) is 11.7. The van der Waals surface area contributed by atoms with Gasteiger partial charge in [0.2, 0.25) is 0 Å². The van der Waals surface area contributed by atoms with Gasteiger partial charge in [0.15, 0.2) is 0 Å². The van der Waals surface area contributed by atoms with Crippen molar-refractivity contribution in [2.24, 2.45) is 0 Å². The van der Waals surface area contributed by atoms with Crippen molar-refractivity contribution in [1.82, 2.24) is 10.3 Å². The highest BCUT2D eigenvalue weighted by Crippen LogP contribution is 2.26. The first-order valence-electron chi connectivity index (χ1n) is 5.23. The molecule has 0 radical (unpaired) electrons. The van der Waals surface area contributed by atoms with E-state index < -0.39 is 0 Å². The maximum absolute atomic E-state index is 4.59. The summed E-state index contributed by atoms with van der Waals surface area (Å²) in [5.41, 5.74) is 1.18. The number of nitrogens with zero attached hydrogens (tertiary/aromatic N) is 1. The Morgan fingerprint density at radius 3 is 2.43 bits per heavy atom. The van der Waals surface area contributed by atoms with Crippen molar-refractivity contribution in [1.29, 1.82) is 0 Å². The molecule has 0 amide bonds. The molecule has 1 aromatic heterocycles. The van der Waals surface area contributed by atoms with Crippen LogP contribution in [0.5, 0.6) is 0 Å². The minimum absolute atomic E-state index is 0.505. The summed E-state index contributed by atoms with van der Waals surface area (Å²) < 4.78 is 0. The molecule has 1 aromatic rings. The fourth-order valence-electron chi connectivity index (χ4n) is 1.40. The molecule has 0 saturated carbocycles. The van der Waals surface area contributed by atoms with Crippen molar-refractivity contribution in [3.8, 4) is 0 Å². The van der Waals surface area contributed by atoms with Gasteiger partial charge in [-0.25, -0.2) is 4.98 Å². The van der Waals surface area contributed by atoms with Gasteiger partial charge in [-0.15, -0.1) is 11.3 Å². The van der Waals surface area contributed by atoms with Crippen LogP contribution in [0.3, 0.4) is 0 Å². The quantitative estimate of drug-likeness (QED) is 0.830. The first-order valence-corrected chi connectivity index (χ1v) is 6.05. The van der Waals surface area contributed by atoms with E-state index in [2.05, 4.69) is 44.9 Å². The van der Waals surface area contributed by atoms with Gasteiger partial charge >= 0.3 is 0 Å². The summed E-state index contributed by atoms with van der Waals surface area (Å²) in [6.07, 6.45) is 0. The molecule has 1 heterocycles. The molecule has 0 aliphatic carbocycles. The average molecular weight is 212 g/mol. The summed E-state index contributed by atoms with van der Waals surface area (Å²) in [5.74, 6) is 0.507. The van der Waals surface area contributed by atoms with Gasteiger partial charge in [0.25, 0.3) is 0 Å². The molecule has 1 rings (SSSR count). The van der Waals surface area contributed by atoms with E-state index in [0.29, 0.717) is 12.0 Å². The van der Waals surface area contributed by atoms with E-state index in [1.54, 1.807) is 0 Å². The van der Waals surface area contributed by atoms with E-state index in [1.165, 1.54) is 15.6 Å². The van der Waals surface area contributed by atoms with E-state index in [0.717, 1.165) is 6.54 Å². The van der Waals surface area contributed by atoms with Crippen LogP contribution in [-0.4, -0.2) is 17.6 Å². The fourth-order valence-corrected chi connectivity index (χ4v) is 2.48. The smallest absolute Gasteiger partial charge is 0.0974 e. The van der Waals surface area contributed by atoms with E-state index in [-0.39, 0.29) is 0 Å². The molecule has 2 atom stereocenters. The predicted octanol–water partition coefficient (Wildman–Crippen LogP) is 2.86. The highest BCUT2D eigenvalue weighted by Gasteiger charge is 2.17. The molecule has 2 unspecified atom stereocenters. The molecule has 14 heavy (non-hydrogen) atoms. The first-order chi connectivity index (χ1) is 6.56. The number of thiazole rings is 1. The molecular formula is C11H20N2S. The summed E-state index contributed by atoms with van der Waals surface area (Å²) in [6.45, 7) is 11.8. The fraction of sp³-hybridized carbons (Fsp3) is 0.727. The molecule has 0 fully saturated rings. The number of aromatic nitrogens is 1. The summed E-state index contributed by atoms with van der Waals surface area (Å²) in [7, 11) is 0. The second kappa shape index (κ2) is 4.89. The number of hydrogen-bond donors (Lipinski definition) is 1. The molecule has 3 heteroatoms. The molecule has 0 aliphatic rings. The molecule has 0 aliphatic heterocycles. The van der Waals surface area contributed by atoms with Crippen molar-refractivity contribution < 1.29 is 0 Å². The Balaban J connectivity index is 2.73. The summed E-state index contributed by atoms with van der Waals surface area (Å²) in [5, 5.41) is 4.70. The average Bonchev–Trinajstić information content (AvgIpc) is 2.46. The lowest BCUT2D eigenvalue weighted by Crippen LogP contribution is -2.30. The van der Waals surface area contributed by atoms with Gasteiger partial charge in [0.05, 0.1) is 10.7 Å². The lowest BCUT2D eigenvalue weighted by atomic mass is 10.1. The lowest BCUT2D eigenvalue weighted by molar-refractivity contribution is 0.493. The van der Waals surface area contributed by atoms with Crippen LogP contribution in [0.15, 0.2) is 0 Å². The number of aryl methyl sites for hydroxylation is 2. The Morgan fingerprint density at radius 2 is 2.00 bits per heavy atom. The monoisotopic (exact) mass is 212 g/mol. The zero-order chi connectivity index (χ0) is 10.7. The predicted molar refractivity (Wildman–Crippen MR) is 63.1 cm³/mol. The second-order valence-electron chi connectivity index (χ2n) is 3.83. The van der Waals surface area contributed by atoms with Crippen LogP contribution in [-0.2, 0) is 0 Å². The van der Waals surface area contributed by atoms with Gasteiger partial charge < -0.3 is 5.32 Å². The second-order valence-corrected chi connectivity index (χ2v) is 5.06. The zero-order valence-electron chi connectivity index (χ0n) is 9.72. The standard InChI is InChI=1S/C11H20N2S/c1-6-12-8(3)7(2)11-13-9(4)10(5)14-11/h7-8,12H,6H2,1-5H3. The van der Waals surface area contributed by atoms with Crippen molar-refractivity contribution >= 4 is 11.3 Å². The molecule has 2 nitrogen and oxygen atoms in total. The molecule has 0 spiro atoms. The van der Waals surface area contributed by atoms with E-state index in [1.807, 2.05) is 11.3 Å². The van der Waals surface area contributed by atoms with Crippen LogP contribution in [0.2, 0.25) is 0 Å². The SMILES string of the molecule is CCNC(C)C(C)c1nc(C)c(C)s1. The van der Waals surface area contributed by atoms with E-state index in [4.69, 9.17) is 0 Å². The number of rotatable bonds is 4. The van der Waals surface area contributed by atoms with Crippen molar-refractivity contribution in [3.63, 3.8) is 0 Å². The van der Waals surface area contributed by atoms with Crippen LogP contribution < -0.4 is 5.32 Å². The highest BCUT2D eigenvalue weighted by atomic mass is 32.1. The summed E-state index contributed by atoms with van der Waals surface area (Å²) in [4.78, 5) is 5.94. The Labute approximate surface area is 90.8 Å². The van der Waals surface area contributed by atoms with Crippen LogP contribution in [0.25, 0.3) is 0 Å². The summed E-state index contributed by atoms with van der Waals surface area (Å²) in [6, 6.07) is 0.505. The van der Waals surface area contributed by atoms with Crippen LogP contribution in [0, 0.1) is 13.8 Å². The normalized spacial score (nSPS) is 15.5. The van der Waals surface area contributed by atoms with Crippen LogP contribution in [0.4, 0.5) is 0 Å². The molecule has 0 bridgehead atoms. The Bertz CT molecular complexity index is 274. The van der Waals surface area contributed by atoms with Gasteiger partial charge in [0, 0.05) is 16.8 Å². The molecule has 80 valence electrons. The number of nitrogens with one attached hydrogen (secondary N) is 1. The van der Waals surface area contributed by atoms with Crippen molar-refractivity contribution in [2.45, 2.75) is 46.6 Å². The summed E-state index contributed by atoms with van der Waals surface area (Å²) >= 11 is 1.83. The Morgan fingerprint density at radius 1 is 1.36 bits per heavy atom. The minimum atomic E-state index is 0.505. The molecule has 1 N–H and O–H groups in total. The van der Waals surface area contributed by atoms with E-state index >= 15 is 0 Å². The minimum Gasteiger partial charge on any atom is -0.314 e. The maximum atomic E-state index is 4.59. The van der Waals surface area contributed by atoms with Crippen molar-refractivity contribution in [3.05, 3.63) is 15.6 Å². The van der Waals surface area contributed by atoms with Crippen molar-refractivity contribution in [2.75, 3.05) is 6.54 Å². The van der Waals surface area contributed by atoms with Gasteiger partial charge in [-0.05, 0) is 27.3 Å². The lowest BCUT2D eigenvalue weighted by Gasteiger charge is -2.18. The Kier molecular flexibility index (Phi) is 4.08. The largest absolute Gasteiger partial charge is 0.314 e. The Hall–Kier alpha value is -0.410. The zero-order valence-corrected chi connectivity index (χ0v) is 10.5. The van der Waals surface area contributed by atoms with Gasteiger partial charge in [-0.3, -0.25) is 0 Å². The molecule has 0 aromatic carbocycles. The maximum Gasteiger partial charge on any atom is 0.0974 e. The third-order valence-corrected chi connectivity index (χ3v) is 3.98. The number of hydrogen-bond acceptors (Lipinski definition) is 3. The molecular weight excluding hydrogens is 192 g/mol. The topological polar surface area (TPSA) is 24.9 Å². The third kappa shape index (κ3) is 2.55. The van der Waals surface area contributed by atoms with Gasteiger partial charge in [0.1, 0.15) is 0 Å². The van der Waals surface area contributed by atoms with Crippen LogP contribution >= 0.6 is 11.3 Å². The van der Waals surface area contributed by atoms with Gasteiger partial charge in [-0.1, -0.05) is 13.8 Å². The molecule has 0 saturated heterocycles. The van der Waals surface area contributed by atoms with Gasteiger partial charge in [-0.2, -0.15) is 0 Å². The van der Waals surface area contributed by atoms with E-state index in [9.17, 15) is 0 Å². The number of likely N-dealkylation sites (N-methyl/N-ethyl adjacent to an activating group) is 1. The highest BCUT2D eigenvalue weighted by molar-refractivity contribution is 7.11.